The van der Waals surface area contributed by atoms with E-state index in [9.17, 15) is 14.9 Å². The summed E-state index contributed by atoms with van der Waals surface area (Å²) in [6.07, 6.45) is 3.18. The van der Waals surface area contributed by atoms with Crippen molar-refractivity contribution in [3.63, 3.8) is 0 Å². The highest BCUT2D eigenvalue weighted by molar-refractivity contribution is 5.80. The van der Waals surface area contributed by atoms with Crippen LogP contribution < -0.4 is 10.6 Å². The second kappa shape index (κ2) is 5.44. The van der Waals surface area contributed by atoms with E-state index in [0.29, 0.717) is 18.9 Å². The van der Waals surface area contributed by atoms with Crippen LogP contribution in [-0.2, 0) is 4.79 Å². The molecule has 7 heteroatoms. The van der Waals surface area contributed by atoms with E-state index in [1.165, 1.54) is 12.3 Å². The molecule has 0 radical (unpaired) electrons. The zero-order chi connectivity index (χ0) is 13.0. The fourth-order valence-electron chi connectivity index (χ4n) is 1.46. The summed E-state index contributed by atoms with van der Waals surface area (Å²) in [5.41, 5.74) is -0.0393. The average Bonchev–Trinajstić information content (AvgIpc) is 3.19. The standard InChI is InChI=1S/C11H14N4O3/c16-11(8-1-2-8)13-6-5-12-10-4-3-9(7-14-10)15(17)18/h3-4,7-8H,1-2,5-6H2,(H,12,14)(H,13,16). The summed E-state index contributed by atoms with van der Waals surface area (Å²) in [6.45, 7) is 1.07. The monoisotopic (exact) mass is 250 g/mol. The maximum atomic E-state index is 11.3. The van der Waals surface area contributed by atoms with Crippen LogP contribution in [-0.4, -0.2) is 28.9 Å². The molecule has 0 atom stereocenters. The molecular formula is C11H14N4O3. The van der Waals surface area contributed by atoms with Gasteiger partial charge in [-0.2, -0.15) is 0 Å². The number of nitrogens with zero attached hydrogens (tertiary/aromatic N) is 2. The van der Waals surface area contributed by atoms with Crippen LogP contribution in [0.1, 0.15) is 12.8 Å². The van der Waals surface area contributed by atoms with E-state index in [1.54, 1.807) is 6.07 Å². The second-order valence-corrected chi connectivity index (χ2v) is 4.15. The van der Waals surface area contributed by atoms with Gasteiger partial charge in [0, 0.05) is 25.1 Å². The topological polar surface area (TPSA) is 97.2 Å². The molecule has 1 aromatic heterocycles. The number of nitrogens with one attached hydrogen (secondary N) is 2. The normalized spacial score (nSPS) is 14.0. The zero-order valence-electron chi connectivity index (χ0n) is 9.76. The first-order valence-electron chi connectivity index (χ1n) is 5.79. The van der Waals surface area contributed by atoms with Gasteiger partial charge in [0.15, 0.2) is 0 Å². The number of pyridine rings is 1. The summed E-state index contributed by atoms with van der Waals surface area (Å²) >= 11 is 0. The molecule has 1 aliphatic carbocycles. The van der Waals surface area contributed by atoms with Crippen LogP contribution in [0.4, 0.5) is 11.5 Å². The fraction of sp³-hybridized carbons (Fsp3) is 0.455. The number of hydrogen-bond acceptors (Lipinski definition) is 5. The Balaban J connectivity index is 1.69. The third-order valence-corrected chi connectivity index (χ3v) is 2.64. The first-order chi connectivity index (χ1) is 8.66. The lowest BCUT2D eigenvalue weighted by Gasteiger charge is -2.06. The van der Waals surface area contributed by atoms with Crippen LogP contribution in [0.2, 0.25) is 0 Å². The molecule has 1 saturated carbocycles. The number of aromatic nitrogens is 1. The molecular weight excluding hydrogens is 236 g/mol. The van der Waals surface area contributed by atoms with Gasteiger partial charge in [-0.3, -0.25) is 14.9 Å². The van der Waals surface area contributed by atoms with Gasteiger partial charge in [0.25, 0.3) is 5.69 Å². The number of anilines is 1. The summed E-state index contributed by atoms with van der Waals surface area (Å²) in [6, 6.07) is 2.93. The second-order valence-electron chi connectivity index (χ2n) is 4.15. The van der Waals surface area contributed by atoms with E-state index >= 15 is 0 Å². The predicted molar refractivity (Wildman–Crippen MR) is 65.1 cm³/mol. The average molecular weight is 250 g/mol. The summed E-state index contributed by atoms with van der Waals surface area (Å²) in [5.74, 6) is 0.872. The predicted octanol–water partition coefficient (Wildman–Crippen LogP) is 0.928. The number of rotatable bonds is 6. The molecule has 7 nitrogen and oxygen atoms in total. The third-order valence-electron chi connectivity index (χ3n) is 2.64. The van der Waals surface area contributed by atoms with Gasteiger partial charge in [0.05, 0.1) is 4.92 Å². The maximum absolute atomic E-state index is 11.3. The van der Waals surface area contributed by atoms with Gasteiger partial charge >= 0.3 is 0 Å². The molecule has 0 saturated heterocycles. The number of carbonyl (C=O) groups excluding carboxylic acids is 1. The number of hydrogen-bond donors (Lipinski definition) is 2. The lowest BCUT2D eigenvalue weighted by molar-refractivity contribution is -0.385. The van der Waals surface area contributed by atoms with Crippen LogP contribution in [0.25, 0.3) is 0 Å². The Morgan fingerprint density at radius 3 is 2.78 bits per heavy atom. The molecule has 1 amide bonds. The summed E-state index contributed by atoms with van der Waals surface area (Å²) in [4.78, 5) is 25.1. The SMILES string of the molecule is O=C(NCCNc1ccc([N+](=O)[O-])cn1)C1CC1. The Hall–Kier alpha value is -2.18. The largest absolute Gasteiger partial charge is 0.368 e. The number of nitro groups is 1. The van der Waals surface area contributed by atoms with Gasteiger partial charge in [-0.15, -0.1) is 0 Å². The molecule has 18 heavy (non-hydrogen) atoms. The Labute approximate surface area is 104 Å². The molecule has 1 fully saturated rings. The van der Waals surface area contributed by atoms with E-state index < -0.39 is 4.92 Å². The van der Waals surface area contributed by atoms with Gasteiger partial charge in [-0.05, 0) is 18.9 Å². The van der Waals surface area contributed by atoms with Crippen molar-refractivity contribution >= 4 is 17.4 Å². The van der Waals surface area contributed by atoms with Gasteiger partial charge in [-0.1, -0.05) is 0 Å². The van der Waals surface area contributed by atoms with E-state index in [0.717, 1.165) is 12.8 Å². The van der Waals surface area contributed by atoms with Crippen molar-refractivity contribution < 1.29 is 9.72 Å². The van der Waals surface area contributed by atoms with Crippen molar-refractivity contribution in [2.24, 2.45) is 5.92 Å². The molecule has 1 heterocycles. The van der Waals surface area contributed by atoms with E-state index in [4.69, 9.17) is 0 Å². The minimum absolute atomic E-state index is 0.0393. The highest BCUT2D eigenvalue weighted by atomic mass is 16.6. The van der Waals surface area contributed by atoms with Crippen molar-refractivity contribution in [1.82, 2.24) is 10.3 Å². The van der Waals surface area contributed by atoms with E-state index in [1.807, 2.05) is 0 Å². The van der Waals surface area contributed by atoms with Gasteiger partial charge in [0.2, 0.25) is 5.91 Å². The van der Waals surface area contributed by atoms with E-state index in [-0.39, 0.29) is 17.5 Å². The van der Waals surface area contributed by atoms with Gasteiger partial charge < -0.3 is 10.6 Å². The Morgan fingerprint density at radius 1 is 1.44 bits per heavy atom. The molecule has 0 aromatic carbocycles. The van der Waals surface area contributed by atoms with Crippen molar-refractivity contribution in [3.05, 3.63) is 28.4 Å². The van der Waals surface area contributed by atoms with Crippen LogP contribution in [0.3, 0.4) is 0 Å². The highest BCUT2D eigenvalue weighted by Gasteiger charge is 2.28. The fourth-order valence-corrected chi connectivity index (χ4v) is 1.46. The van der Waals surface area contributed by atoms with Gasteiger partial charge in [0.1, 0.15) is 12.0 Å². The molecule has 1 aliphatic rings. The Bertz CT molecular complexity index is 442. The molecule has 2 N–H and O–H groups in total. The number of amides is 1. The van der Waals surface area contributed by atoms with Crippen molar-refractivity contribution in [1.29, 1.82) is 0 Å². The first-order valence-corrected chi connectivity index (χ1v) is 5.79. The van der Waals surface area contributed by atoms with Crippen molar-refractivity contribution in [2.45, 2.75) is 12.8 Å². The molecule has 0 spiro atoms. The molecule has 0 unspecified atom stereocenters. The Kier molecular flexibility index (Phi) is 3.71. The highest BCUT2D eigenvalue weighted by Crippen LogP contribution is 2.28. The van der Waals surface area contributed by atoms with Crippen molar-refractivity contribution in [2.75, 3.05) is 18.4 Å². The Morgan fingerprint density at radius 2 is 2.22 bits per heavy atom. The van der Waals surface area contributed by atoms with Crippen LogP contribution in [0.15, 0.2) is 18.3 Å². The van der Waals surface area contributed by atoms with Crippen LogP contribution in [0, 0.1) is 16.0 Å². The zero-order valence-corrected chi connectivity index (χ0v) is 9.76. The lowest BCUT2D eigenvalue weighted by atomic mass is 10.4. The minimum atomic E-state index is -0.493. The molecule has 0 aliphatic heterocycles. The molecule has 1 aromatic rings. The van der Waals surface area contributed by atoms with Crippen LogP contribution in [0.5, 0.6) is 0 Å². The quantitative estimate of drug-likeness (QED) is 0.444. The van der Waals surface area contributed by atoms with Crippen molar-refractivity contribution in [3.8, 4) is 0 Å². The summed E-state index contributed by atoms with van der Waals surface area (Å²) < 4.78 is 0. The van der Waals surface area contributed by atoms with Gasteiger partial charge in [-0.25, -0.2) is 4.98 Å². The molecule has 2 rings (SSSR count). The minimum Gasteiger partial charge on any atom is -0.368 e. The smallest absolute Gasteiger partial charge is 0.287 e. The lowest BCUT2D eigenvalue weighted by Crippen LogP contribution is -2.29. The van der Waals surface area contributed by atoms with E-state index in [2.05, 4.69) is 15.6 Å². The first kappa shape index (κ1) is 12.3. The third kappa shape index (κ3) is 3.41. The molecule has 0 bridgehead atoms. The summed E-state index contributed by atoms with van der Waals surface area (Å²) in [7, 11) is 0. The summed E-state index contributed by atoms with van der Waals surface area (Å²) in [5, 5.41) is 16.2. The maximum Gasteiger partial charge on any atom is 0.287 e. The van der Waals surface area contributed by atoms with Crippen LogP contribution >= 0.6 is 0 Å². The number of carbonyl (C=O) groups is 1. The molecule has 96 valence electrons.